The number of pyridine rings is 1. The third kappa shape index (κ3) is 6.44. The Hall–Kier alpha value is -3.80. The number of nitrogens with one attached hydrogen (secondary N) is 3. The lowest BCUT2D eigenvalue weighted by molar-refractivity contribution is -0.118. The summed E-state index contributed by atoms with van der Waals surface area (Å²) in [5.74, 6) is -3.62. The molecule has 39 heavy (non-hydrogen) atoms. The van der Waals surface area contributed by atoms with Crippen LogP contribution in [0.3, 0.4) is 0 Å². The fraction of sp³-hybridized carbons (Fsp3) is 0.481. The Balaban J connectivity index is 1.46. The van der Waals surface area contributed by atoms with E-state index in [0.717, 1.165) is 31.7 Å². The number of carbonyl (C=O) groups is 3. The number of aromatic hydroxyl groups is 1. The summed E-state index contributed by atoms with van der Waals surface area (Å²) in [7, 11) is 0. The standard InChI is InChI=1S/C27H33F2N5O5/c1-16(35)31-9-8-30-13-18-4-2-3-5-22(18)34-11-10-33-15-20(24(36)25(37)23(33)27(34)39)26(38)32-14-17-6-7-19(28)12-21(17)29/h6-7,12,15,18,22,30,37H,2-5,8-11,13-14H2,1H3,(H,31,35)(H,32,38)/t18?,22-/m0/s1. The first-order chi connectivity index (χ1) is 18.7. The highest BCUT2D eigenvalue weighted by molar-refractivity contribution is 5.99. The van der Waals surface area contributed by atoms with Crippen molar-refractivity contribution in [3.63, 3.8) is 0 Å². The SMILES string of the molecule is CC(=O)NCCNCC1CCCC[C@@H]1N1CCn2cc(C(=O)NCc3ccc(F)cc3F)c(=O)c(O)c2C1=O. The van der Waals surface area contributed by atoms with Gasteiger partial charge >= 0.3 is 0 Å². The number of nitrogens with zero attached hydrogens (tertiary/aromatic N) is 2. The second kappa shape index (κ2) is 12.4. The van der Waals surface area contributed by atoms with Crippen LogP contribution < -0.4 is 21.4 Å². The quantitative estimate of drug-likeness (QED) is 0.353. The average Bonchev–Trinajstić information content (AvgIpc) is 2.90. The highest BCUT2D eigenvalue weighted by atomic mass is 19.1. The largest absolute Gasteiger partial charge is 0.503 e. The topological polar surface area (TPSA) is 133 Å². The number of hydrogen-bond donors (Lipinski definition) is 4. The molecule has 12 heteroatoms. The Labute approximate surface area is 224 Å². The van der Waals surface area contributed by atoms with E-state index in [1.807, 2.05) is 0 Å². The monoisotopic (exact) mass is 545 g/mol. The smallest absolute Gasteiger partial charge is 0.274 e. The third-order valence-electron chi connectivity index (χ3n) is 7.35. The summed E-state index contributed by atoms with van der Waals surface area (Å²) < 4.78 is 28.4. The molecule has 2 aliphatic rings. The van der Waals surface area contributed by atoms with Gasteiger partial charge in [0.05, 0.1) is 0 Å². The Morgan fingerprint density at radius 2 is 1.85 bits per heavy atom. The second-order valence-corrected chi connectivity index (χ2v) is 9.98. The van der Waals surface area contributed by atoms with Crippen LogP contribution in [0.4, 0.5) is 8.78 Å². The summed E-state index contributed by atoms with van der Waals surface area (Å²) in [6.07, 6.45) is 4.97. The molecule has 1 aliphatic heterocycles. The molecule has 3 amide bonds. The van der Waals surface area contributed by atoms with E-state index in [4.69, 9.17) is 0 Å². The van der Waals surface area contributed by atoms with Crippen molar-refractivity contribution in [2.24, 2.45) is 5.92 Å². The van der Waals surface area contributed by atoms with E-state index < -0.39 is 34.6 Å². The molecule has 0 spiro atoms. The first-order valence-corrected chi connectivity index (χ1v) is 13.1. The van der Waals surface area contributed by atoms with Gasteiger partial charge in [0.1, 0.15) is 17.2 Å². The number of hydrogen-bond acceptors (Lipinski definition) is 6. The van der Waals surface area contributed by atoms with Crippen molar-refractivity contribution in [3.05, 3.63) is 63.1 Å². The molecule has 10 nitrogen and oxygen atoms in total. The van der Waals surface area contributed by atoms with Gasteiger partial charge in [0.25, 0.3) is 11.8 Å². The van der Waals surface area contributed by atoms with Crippen LogP contribution in [0.2, 0.25) is 0 Å². The van der Waals surface area contributed by atoms with Crippen LogP contribution in [0.25, 0.3) is 0 Å². The lowest BCUT2D eigenvalue weighted by atomic mass is 9.83. The van der Waals surface area contributed by atoms with Gasteiger partial charge in [-0.2, -0.15) is 0 Å². The average molecular weight is 546 g/mol. The molecule has 2 atom stereocenters. The van der Waals surface area contributed by atoms with Gasteiger partial charge in [0.15, 0.2) is 11.4 Å². The van der Waals surface area contributed by atoms with Crippen molar-refractivity contribution in [2.75, 3.05) is 26.2 Å². The van der Waals surface area contributed by atoms with Crippen LogP contribution in [-0.2, 0) is 17.9 Å². The van der Waals surface area contributed by atoms with Crippen molar-refractivity contribution >= 4 is 17.7 Å². The molecule has 210 valence electrons. The molecule has 1 aliphatic carbocycles. The fourth-order valence-corrected chi connectivity index (χ4v) is 5.37. The van der Waals surface area contributed by atoms with E-state index in [2.05, 4.69) is 16.0 Å². The molecule has 1 aromatic carbocycles. The van der Waals surface area contributed by atoms with E-state index in [0.29, 0.717) is 32.2 Å². The number of carbonyl (C=O) groups excluding carboxylic acids is 3. The highest BCUT2D eigenvalue weighted by Gasteiger charge is 2.38. The Kier molecular flexibility index (Phi) is 8.95. The van der Waals surface area contributed by atoms with Gasteiger partial charge in [-0.25, -0.2) is 8.78 Å². The molecule has 1 unspecified atom stereocenters. The summed E-state index contributed by atoms with van der Waals surface area (Å²) in [4.78, 5) is 51.9. The van der Waals surface area contributed by atoms with Crippen molar-refractivity contribution in [1.29, 1.82) is 0 Å². The van der Waals surface area contributed by atoms with Crippen molar-refractivity contribution in [2.45, 2.75) is 51.7 Å². The van der Waals surface area contributed by atoms with Crippen molar-refractivity contribution in [1.82, 2.24) is 25.4 Å². The van der Waals surface area contributed by atoms with Crippen LogP contribution in [-0.4, -0.2) is 64.5 Å². The number of aromatic nitrogens is 1. The van der Waals surface area contributed by atoms with Crippen LogP contribution in [0, 0.1) is 17.6 Å². The number of benzene rings is 1. The zero-order valence-corrected chi connectivity index (χ0v) is 21.8. The van der Waals surface area contributed by atoms with Crippen molar-refractivity contribution in [3.8, 4) is 5.75 Å². The van der Waals surface area contributed by atoms with E-state index >= 15 is 0 Å². The lowest BCUT2D eigenvalue weighted by Crippen LogP contribution is -2.53. The van der Waals surface area contributed by atoms with Crippen LogP contribution >= 0.6 is 0 Å². The molecule has 0 saturated heterocycles. The number of fused-ring (bicyclic) bond motifs is 1. The minimum Gasteiger partial charge on any atom is -0.503 e. The predicted octanol–water partition coefficient (Wildman–Crippen LogP) is 1.50. The molecule has 1 saturated carbocycles. The minimum absolute atomic E-state index is 0.0319. The Bertz CT molecular complexity index is 1310. The highest BCUT2D eigenvalue weighted by Crippen LogP contribution is 2.32. The lowest BCUT2D eigenvalue weighted by Gasteiger charge is -2.42. The van der Waals surface area contributed by atoms with Crippen molar-refractivity contribution < 1.29 is 28.3 Å². The van der Waals surface area contributed by atoms with Gasteiger partial charge in [-0.05, 0) is 31.4 Å². The minimum atomic E-state index is -0.992. The number of amides is 3. The Morgan fingerprint density at radius 3 is 2.59 bits per heavy atom. The number of halogens is 2. The van der Waals surface area contributed by atoms with Gasteiger partial charge in [-0.15, -0.1) is 0 Å². The van der Waals surface area contributed by atoms with E-state index in [1.54, 1.807) is 4.90 Å². The Morgan fingerprint density at radius 1 is 1.08 bits per heavy atom. The zero-order valence-electron chi connectivity index (χ0n) is 21.8. The molecule has 0 radical (unpaired) electrons. The molecule has 2 heterocycles. The molecule has 1 aromatic heterocycles. The van der Waals surface area contributed by atoms with Crippen LogP contribution in [0.1, 0.15) is 59.0 Å². The number of rotatable bonds is 9. The first-order valence-electron chi connectivity index (χ1n) is 13.1. The normalized spacial score (nSPS) is 18.9. The molecule has 1 fully saturated rings. The van der Waals surface area contributed by atoms with Gasteiger partial charge in [0.2, 0.25) is 11.3 Å². The third-order valence-corrected chi connectivity index (χ3v) is 7.35. The summed E-state index contributed by atoms with van der Waals surface area (Å²) in [5, 5.41) is 19.2. The van der Waals surface area contributed by atoms with Crippen LogP contribution in [0.5, 0.6) is 5.75 Å². The molecule has 2 aromatic rings. The summed E-state index contributed by atoms with van der Waals surface area (Å²) in [5.41, 5.74) is -1.49. The summed E-state index contributed by atoms with van der Waals surface area (Å²) in [6, 6.07) is 2.86. The molecular weight excluding hydrogens is 512 g/mol. The fourth-order valence-electron chi connectivity index (χ4n) is 5.37. The van der Waals surface area contributed by atoms with E-state index in [1.165, 1.54) is 23.8 Å². The second-order valence-electron chi connectivity index (χ2n) is 9.98. The summed E-state index contributed by atoms with van der Waals surface area (Å²) in [6.45, 7) is 3.58. The molecule has 4 N–H and O–H groups in total. The van der Waals surface area contributed by atoms with Gasteiger partial charge in [-0.3, -0.25) is 19.2 Å². The van der Waals surface area contributed by atoms with Gasteiger partial charge in [0, 0.05) is 63.5 Å². The summed E-state index contributed by atoms with van der Waals surface area (Å²) >= 11 is 0. The predicted molar refractivity (Wildman–Crippen MR) is 138 cm³/mol. The molecule has 4 rings (SSSR count). The van der Waals surface area contributed by atoms with Gasteiger partial charge < -0.3 is 30.5 Å². The maximum atomic E-state index is 13.9. The maximum absolute atomic E-state index is 13.9. The molecular formula is C27H33F2N5O5. The zero-order chi connectivity index (χ0) is 28.1. The first kappa shape index (κ1) is 28.2. The van der Waals surface area contributed by atoms with E-state index in [9.17, 15) is 33.1 Å². The maximum Gasteiger partial charge on any atom is 0.274 e. The molecule has 0 bridgehead atoms. The van der Waals surface area contributed by atoms with Crippen LogP contribution in [0.15, 0.2) is 29.2 Å². The van der Waals surface area contributed by atoms with E-state index in [-0.39, 0.29) is 47.8 Å². The van der Waals surface area contributed by atoms with Gasteiger partial charge in [-0.1, -0.05) is 18.9 Å².